The third-order valence-corrected chi connectivity index (χ3v) is 11.0. The molecule has 10 nitrogen and oxygen atoms in total. The summed E-state index contributed by atoms with van der Waals surface area (Å²) in [6.07, 6.45) is -8.15. The first kappa shape index (κ1) is 36.5. The molecule has 4 aliphatic rings. The van der Waals surface area contributed by atoms with E-state index < -0.39 is 99.1 Å². The second kappa shape index (κ2) is 12.6. The maximum Gasteiger partial charge on any atom is 0.573 e. The number of halogens is 8. The number of amides is 4. The largest absolute Gasteiger partial charge is 0.573 e. The molecule has 6 atom stereocenters. The lowest BCUT2D eigenvalue weighted by atomic mass is 9.49. The molecule has 278 valence electrons. The van der Waals surface area contributed by atoms with E-state index in [1.807, 2.05) is 0 Å². The Labute approximate surface area is 306 Å². The van der Waals surface area contributed by atoms with Crippen LogP contribution in [0.3, 0.4) is 0 Å². The van der Waals surface area contributed by atoms with Gasteiger partial charge in [-0.1, -0.05) is 47.0 Å². The monoisotopic (exact) mass is 782 g/mol. The van der Waals surface area contributed by atoms with Gasteiger partial charge in [0, 0.05) is 29.2 Å². The number of aromatic hydroxyl groups is 1. The quantitative estimate of drug-likeness (QED) is 0.155. The predicted octanol–water partition coefficient (Wildman–Crippen LogP) is 7.02. The van der Waals surface area contributed by atoms with E-state index in [0.717, 1.165) is 23.1 Å². The van der Waals surface area contributed by atoms with E-state index in [4.69, 9.17) is 23.2 Å². The summed E-state index contributed by atoms with van der Waals surface area (Å²) in [6, 6.07) is 8.92. The number of nitrogens with zero attached hydrogens (tertiary/aromatic N) is 3. The number of aromatic nitrogens is 1. The van der Waals surface area contributed by atoms with Gasteiger partial charge in [-0.2, -0.15) is 18.2 Å². The predicted molar refractivity (Wildman–Crippen MR) is 174 cm³/mol. The number of nitrogens with one attached hydrogen (secondary N) is 1. The van der Waals surface area contributed by atoms with Gasteiger partial charge >= 0.3 is 12.5 Å². The fourth-order valence-corrected chi connectivity index (χ4v) is 8.80. The number of phenols is 1. The molecule has 2 aromatic carbocycles. The molecule has 0 spiro atoms. The zero-order valence-corrected chi connectivity index (χ0v) is 28.6. The molecule has 53 heavy (non-hydrogen) atoms. The number of carbonyl (C=O) groups is 4. The van der Waals surface area contributed by atoms with Crippen LogP contribution in [0.2, 0.25) is 10.0 Å². The van der Waals surface area contributed by atoms with Gasteiger partial charge in [0.15, 0.2) is 5.82 Å². The molecule has 6 unspecified atom stereocenters. The van der Waals surface area contributed by atoms with Gasteiger partial charge in [-0.05, 0) is 67.6 Å². The van der Waals surface area contributed by atoms with Gasteiger partial charge in [-0.15, -0.1) is 13.2 Å². The van der Waals surface area contributed by atoms with Crippen LogP contribution in [0.15, 0.2) is 66.4 Å². The first-order valence-electron chi connectivity index (χ1n) is 16.2. The lowest BCUT2D eigenvalue weighted by Gasteiger charge is -2.50. The van der Waals surface area contributed by atoms with Crippen molar-refractivity contribution in [2.24, 2.45) is 23.7 Å². The van der Waals surface area contributed by atoms with Crippen molar-refractivity contribution >= 4 is 52.6 Å². The molecule has 2 aliphatic heterocycles. The Kier molecular flexibility index (Phi) is 8.71. The summed E-state index contributed by atoms with van der Waals surface area (Å²) < 4.78 is 84.9. The summed E-state index contributed by atoms with van der Waals surface area (Å²) in [4.78, 5) is 61.7. The number of hydrazine groups is 1. The number of phenolic OH excluding ortho intramolecular Hbond substituents is 1. The Balaban J connectivity index is 1.47. The molecule has 1 saturated carbocycles. The number of hydrogen-bond acceptors (Lipinski definition) is 8. The van der Waals surface area contributed by atoms with Crippen molar-refractivity contribution in [3.8, 4) is 11.5 Å². The summed E-state index contributed by atoms with van der Waals surface area (Å²) in [5, 5.41) is 11.5. The molecule has 4 amide bonds. The molecule has 2 N–H and O–H groups in total. The highest BCUT2D eigenvalue weighted by Gasteiger charge is 2.70. The summed E-state index contributed by atoms with van der Waals surface area (Å²) >= 11 is 12.4. The van der Waals surface area contributed by atoms with Crippen molar-refractivity contribution in [2.45, 2.75) is 43.6 Å². The lowest BCUT2D eigenvalue weighted by Crippen LogP contribution is -2.53. The zero-order chi connectivity index (χ0) is 38.4. The number of imide groups is 2. The molecule has 2 aliphatic carbocycles. The Morgan fingerprint density at radius 1 is 0.962 bits per heavy atom. The van der Waals surface area contributed by atoms with Gasteiger partial charge in [0.1, 0.15) is 11.5 Å². The van der Waals surface area contributed by atoms with E-state index in [-0.39, 0.29) is 35.5 Å². The maximum absolute atomic E-state index is 15.1. The van der Waals surface area contributed by atoms with Gasteiger partial charge in [0.25, 0.3) is 11.8 Å². The van der Waals surface area contributed by atoms with Crippen LogP contribution in [0.4, 0.5) is 32.2 Å². The van der Waals surface area contributed by atoms with Crippen molar-refractivity contribution in [1.29, 1.82) is 0 Å². The molecule has 18 heteroatoms. The SMILES string of the molecule is CCN1C(=O)C2CC=C3C(CC4C(=O)N(Nc5ncc(C(F)(F)F)cc5Cl)C(=O)C4(c4ccc(Cl)cc4)C3c3cc(OC(F)(F)F)ccc3O)C2C1=O. The van der Waals surface area contributed by atoms with Crippen LogP contribution in [0.25, 0.3) is 0 Å². The average Bonchev–Trinajstić information content (AvgIpc) is 3.46. The molecular weight excluding hydrogens is 757 g/mol. The number of likely N-dealkylation sites (tertiary alicyclic amines) is 1. The number of pyridine rings is 1. The second-order valence-corrected chi connectivity index (χ2v) is 14.0. The molecule has 0 bridgehead atoms. The average molecular weight is 784 g/mol. The van der Waals surface area contributed by atoms with E-state index in [1.54, 1.807) is 13.0 Å². The van der Waals surface area contributed by atoms with Crippen LogP contribution in [-0.4, -0.2) is 56.5 Å². The van der Waals surface area contributed by atoms with E-state index in [2.05, 4.69) is 15.1 Å². The highest BCUT2D eigenvalue weighted by molar-refractivity contribution is 6.33. The number of carbonyl (C=O) groups excluding carboxylic acids is 4. The third kappa shape index (κ3) is 5.77. The van der Waals surface area contributed by atoms with Crippen molar-refractivity contribution < 1.29 is 55.4 Å². The number of anilines is 1. The number of alkyl halides is 6. The summed E-state index contributed by atoms with van der Waals surface area (Å²) in [7, 11) is 0. The Hall–Kier alpha value is -4.83. The zero-order valence-electron chi connectivity index (χ0n) is 27.1. The van der Waals surface area contributed by atoms with E-state index in [9.17, 15) is 45.8 Å². The smallest absolute Gasteiger partial charge is 0.508 e. The summed E-state index contributed by atoms with van der Waals surface area (Å²) in [5.41, 5.74) is -0.668. The topological polar surface area (TPSA) is 129 Å². The highest BCUT2D eigenvalue weighted by atomic mass is 35.5. The van der Waals surface area contributed by atoms with E-state index in [0.29, 0.717) is 22.8 Å². The van der Waals surface area contributed by atoms with Crippen molar-refractivity contribution in [3.63, 3.8) is 0 Å². The molecule has 3 aromatic rings. The number of ether oxygens (including phenoxy) is 1. The Morgan fingerprint density at radius 3 is 2.28 bits per heavy atom. The standard InChI is InChI=1S/C35H26Cl2F6N4O6/c1-2-46-29(49)20-9-8-19-21(26(20)31(46)51)13-23-30(50)47(45-28-24(37)11-16(14-44-28)34(38,39)40)32(52)33(23,15-3-5-17(36)6-4-15)27(19)22-12-18(7-10-25(22)48)53-35(41,42)43/h3-8,10-12,14,20-21,23,26-27,48H,2,9,13H2,1H3,(H,44,45). The molecule has 3 fully saturated rings. The summed E-state index contributed by atoms with van der Waals surface area (Å²) in [5.74, 6) is -10.4. The molecule has 1 aromatic heterocycles. The maximum atomic E-state index is 15.1. The van der Waals surface area contributed by atoms with Gasteiger partial charge < -0.3 is 9.84 Å². The first-order valence-corrected chi connectivity index (χ1v) is 16.9. The van der Waals surface area contributed by atoms with Crippen LogP contribution in [-0.2, 0) is 30.8 Å². The molecule has 0 radical (unpaired) electrons. The minimum atomic E-state index is -5.16. The number of benzene rings is 2. The van der Waals surface area contributed by atoms with Crippen LogP contribution in [0, 0.1) is 23.7 Å². The number of rotatable bonds is 6. The fraction of sp³-hybridized carbons (Fsp3) is 0.343. The number of allylic oxidation sites excluding steroid dienone is 2. The normalized spacial score (nSPS) is 27.0. The number of hydrogen-bond donors (Lipinski definition) is 2. The minimum Gasteiger partial charge on any atom is -0.508 e. The molecule has 2 saturated heterocycles. The van der Waals surface area contributed by atoms with Crippen molar-refractivity contribution in [2.75, 3.05) is 12.0 Å². The van der Waals surface area contributed by atoms with Crippen LogP contribution >= 0.6 is 23.2 Å². The molecular formula is C35H26Cl2F6N4O6. The second-order valence-electron chi connectivity index (χ2n) is 13.1. The summed E-state index contributed by atoms with van der Waals surface area (Å²) in [6.45, 7) is 1.67. The van der Waals surface area contributed by atoms with E-state index >= 15 is 4.79 Å². The fourth-order valence-electron chi connectivity index (χ4n) is 8.47. The van der Waals surface area contributed by atoms with Gasteiger partial charge in [0.2, 0.25) is 11.8 Å². The van der Waals surface area contributed by atoms with Crippen LogP contribution < -0.4 is 10.2 Å². The molecule has 3 heterocycles. The van der Waals surface area contributed by atoms with Crippen LogP contribution in [0.5, 0.6) is 11.5 Å². The molecule has 7 rings (SSSR count). The Morgan fingerprint density at radius 2 is 1.66 bits per heavy atom. The number of fused-ring (bicyclic) bond motifs is 4. The lowest BCUT2D eigenvalue weighted by molar-refractivity contribution is -0.274. The Bertz CT molecular complexity index is 2090. The van der Waals surface area contributed by atoms with Gasteiger partial charge in [-0.3, -0.25) is 29.5 Å². The van der Waals surface area contributed by atoms with Crippen molar-refractivity contribution in [3.05, 3.63) is 93.1 Å². The third-order valence-electron chi connectivity index (χ3n) is 10.5. The van der Waals surface area contributed by atoms with Crippen LogP contribution in [0.1, 0.15) is 42.4 Å². The van der Waals surface area contributed by atoms with E-state index in [1.165, 1.54) is 24.3 Å². The minimum absolute atomic E-state index is 0.00409. The highest BCUT2D eigenvalue weighted by Crippen LogP contribution is 2.65. The van der Waals surface area contributed by atoms with Gasteiger partial charge in [0.05, 0.1) is 33.8 Å². The van der Waals surface area contributed by atoms with Crippen molar-refractivity contribution in [1.82, 2.24) is 14.9 Å². The first-order chi connectivity index (χ1) is 24.9. The van der Waals surface area contributed by atoms with Gasteiger partial charge in [-0.25, -0.2) is 4.98 Å².